The van der Waals surface area contributed by atoms with Gasteiger partial charge >= 0.3 is 0 Å². The van der Waals surface area contributed by atoms with E-state index in [1.54, 1.807) is 0 Å². The summed E-state index contributed by atoms with van der Waals surface area (Å²) in [4.78, 5) is 2.22. The van der Waals surface area contributed by atoms with Crippen LogP contribution in [0, 0.1) is 0 Å². The summed E-state index contributed by atoms with van der Waals surface area (Å²) in [6, 6.07) is 9.44. The first kappa shape index (κ1) is 10.7. The van der Waals surface area contributed by atoms with Gasteiger partial charge < -0.3 is 10.2 Å². The second-order valence-electron chi connectivity index (χ2n) is 4.63. The average molecular weight is 204 g/mol. The van der Waals surface area contributed by atoms with Crippen molar-refractivity contribution in [3.05, 3.63) is 35.4 Å². The number of nitrogens with zero attached hydrogens (tertiary/aromatic N) is 1. The molecule has 0 atom stereocenters. The van der Waals surface area contributed by atoms with Crippen LogP contribution in [0.25, 0.3) is 0 Å². The van der Waals surface area contributed by atoms with Gasteiger partial charge in [-0.05, 0) is 38.1 Å². The topological polar surface area (TPSA) is 15.3 Å². The summed E-state index contributed by atoms with van der Waals surface area (Å²) in [6.45, 7) is 2.21. The van der Waals surface area contributed by atoms with Crippen LogP contribution in [0.1, 0.15) is 11.1 Å². The van der Waals surface area contributed by atoms with Crippen LogP contribution in [0.2, 0.25) is 0 Å². The van der Waals surface area contributed by atoms with E-state index in [2.05, 4.69) is 48.6 Å². The van der Waals surface area contributed by atoms with Gasteiger partial charge in [0.15, 0.2) is 0 Å². The van der Waals surface area contributed by atoms with Gasteiger partial charge in [0.05, 0.1) is 0 Å². The number of hydrogen-bond acceptors (Lipinski definition) is 2. The Morgan fingerprint density at radius 2 is 1.80 bits per heavy atom. The molecular formula is C13H20N2. The zero-order chi connectivity index (χ0) is 10.7. The molecule has 0 saturated heterocycles. The maximum absolute atomic E-state index is 3.62. The first-order chi connectivity index (χ1) is 7.25. The van der Waals surface area contributed by atoms with E-state index in [4.69, 9.17) is 0 Å². The number of rotatable bonds is 4. The minimum Gasteiger partial charge on any atom is -0.312 e. The normalized spacial score (nSPS) is 15.9. The average Bonchev–Trinajstić information content (AvgIpc) is 2.59. The molecule has 2 nitrogen and oxygen atoms in total. The van der Waals surface area contributed by atoms with E-state index in [0.717, 1.165) is 13.1 Å². The van der Waals surface area contributed by atoms with Crippen LogP contribution < -0.4 is 5.32 Å². The molecule has 1 N–H and O–H groups in total. The Morgan fingerprint density at radius 1 is 1.20 bits per heavy atom. The van der Waals surface area contributed by atoms with Crippen molar-refractivity contribution in [2.75, 3.05) is 27.2 Å². The lowest BCUT2D eigenvalue weighted by Gasteiger charge is -2.14. The van der Waals surface area contributed by atoms with Gasteiger partial charge in [-0.2, -0.15) is 0 Å². The third kappa shape index (κ3) is 2.80. The summed E-state index contributed by atoms with van der Waals surface area (Å²) in [7, 11) is 4.23. The SMILES string of the molecule is CN(C)CCNC1Cc2ccccc2C1. The van der Waals surface area contributed by atoms with Gasteiger partial charge in [0.25, 0.3) is 0 Å². The second kappa shape index (κ2) is 4.77. The lowest BCUT2D eigenvalue weighted by atomic mass is 10.1. The van der Waals surface area contributed by atoms with Gasteiger partial charge in [-0.3, -0.25) is 0 Å². The molecule has 0 bridgehead atoms. The Balaban J connectivity index is 1.80. The van der Waals surface area contributed by atoms with Crippen LogP contribution in [0.3, 0.4) is 0 Å². The molecule has 1 aromatic rings. The molecule has 0 aromatic heterocycles. The quantitative estimate of drug-likeness (QED) is 0.795. The number of nitrogens with one attached hydrogen (secondary N) is 1. The van der Waals surface area contributed by atoms with E-state index in [9.17, 15) is 0 Å². The van der Waals surface area contributed by atoms with E-state index in [1.165, 1.54) is 24.0 Å². The van der Waals surface area contributed by atoms with E-state index in [0.29, 0.717) is 6.04 Å². The molecule has 0 amide bonds. The summed E-state index contributed by atoms with van der Waals surface area (Å²) in [6.07, 6.45) is 2.40. The Bertz CT molecular complexity index is 295. The number of likely N-dealkylation sites (N-methyl/N-ethyl adjacent to an activating group) is 1. The van der Waals surface area contributed by atoms with Crippen LogP contribution in [0.4, 0.5) is 0 Å². The molecule has 2 rings (SSSR count). The lowest BCUT2D eigenvalue weighted by Crippen LogP contribution is -2.35. The maximum Gasteiger partial charge on any atom is 0.0149 e. The molecule has 1 aliphatic rings. The van der Waals surface area contributed by atoms with Crippen LogP contribution in [0.5, 0.6) is 0 Å². The molecule has 0 radical (unpaired) electrons. The molecule has 0 aliphatic heterocycles. The molecule has 15 heavy (non-hydrogen) atoms. The Hall–Kier alpha value is -0.860. The van der Waals surface area contributed by atoms with Crippen molar-refractivity contribution < 1.29 is 0 Å². The molecule has 0 heterocycles. The molecule has 0 fully saturated rings. The first-order valence-electron chi connectivity index (χ1n) is 5.70. The fourth-order valence-corrected chi connectivity index (χ4v) is 2.20. The lowest BCUT2D eigenvalue weighted by molar-refractivity contribution is 0.385. The number of benzene rings is 1. The first-order valence-corrected chi connectivity index (χ1v) is 5.70. The second-order valence-corrected chi connectivity index (χ2v) is 4.63. The number of hydrogen-bond donors (Lipinski definition) is 1. The van der Waals surface area contributed by atoms with Crippen LogP contribution in [0.15, 0.2) is 24.3 Å². The highest BCUT2D eigenvalue weighted by atomic mass is 15.1. The Morgan fingerprint density at radius 3 is 2.33 bits per heavy atom. The Labute approximate surface area is 92.3 Å². The summed E-state index contributed by atoms with van der Waals surface area (Å²) in [5.41, 5.74) is 3.06. The Kier molecular flexibility index (Phi) is 3.39. The molecular weight excluding hydrogens is 184 g/mol. The summed E-state index contributed by atoms with van der Waals surface area (Å²) in [5, 5.41) is 3.62. The van der Waals surface area contributed by atoms with Crippen molar-refractivity contribution in [2.24, 2.45) is 0 Å². The zero-order valence-corrected chi connectivity index (χ0v) is 9.66. The highest BCUT2D eigenvalue weighted by Gasteiger charge is 2.19. The minimum absolute atomic E-state index is 0.655. The largest absolute Gasteiger partial charge is 0.312 e. The summed E-state index contributed by atoms with van der Waals surface area (Å²) < 4.78 is 0. The van der Waals surface area contributed by atoms with Crippen molar-refractivity contribution in [1.29, 1.82) is 0 Å². The monoisotopic (exact) mass is 204 g/mol. The van der Waals surface area contributed by atoms with Gasteiger partial charge in [0.1, 0.15) is 0 Å². The standard InChI is InChI=1S/C13H20N2/c1-15(2)8-7-14-13-9-11-5-3-4-6-12(11)10-13/h3-6,13-14H,7-10H2,1-2H3. The van der Waals surface area contributed by atoms with Crippen LogP contribution >= 0.6 is 0 Å². The third-order valence-electron chi connectivity index (χ3n) is 3.04. The van der Waals surface area contributed by atoms with Crippen molar-refractivity contribution >= 4 is 0 Å². The van der Waals surface area contributed by atoms with Gasteiger partial charge in [-0.25, -0.2) is 0 Å². The molecule has 1 aliphatic carbocycles. The molecule has 0 spiro atoms. The van der Waals surface area contributed by atoms with E-state index >= 15 is 0 Å². The fourth-order valence-electron chi connectivity index (χ4n) is 2.20. The van der Waals surface area contributed by atoms with Crippen molar-refractivity contribution in [1.82, 2.24) is 10.2 Å². The van der Waals surface area contributed by atoms with Gasteiger partial charge in [0, 0.05) is 19.1 Å². The molecule has 82 valence electrons. The maximum atomic E-state index is 3.62. The molecule has 0 unspecified atom stereocenters. The van der Waals surface area contributed by atoms with Gasteiger partial charge in [-0.15, -0.1) is 0 Å². The van der Waals surface area contributed by atoms with Crippen molar-refractivity contribution in [2.45, 2.75) is 18.9 Å². The third-order valence-corrected chi connectivity index (χ3v) is 3.04. The van der Waals surface area contributed by atoms with Crippen molar-refractivity contribution in [3.63, 3.8) is 0 Å². The molecule has 1 aromatic carbocycles. The van der Waals surface area contributed by atoms with Gasteiger partial charge in [-0.1, -0.05) is 24.3 Å². The smallest absolute Gasteiger partial charge is 0.0149 e. The van der Waals surface area contributed by atoms with Crippen molar-refractivity contribution in [3.8, 4) is 0 Å². The van der Waals surface area contributed by atoms with Crippen LogP contribution in [-0.2, 0) is 12.8 Å². The predicted molar refractivity (Wildman–Crippen MR) is 64.2 cm³/mol. The minimum atomic E-state index is 0.655. The fraction of sp³-hybridized carbons (Fsp3) is 0.538. The summed E-state index contributed by atoms with van der Waals surface area (Å²) >= 11 is 0. The zero-order valence-electron chi connectivity index (χ0n) is 9.66. The molecule has 2 heteroatoms. The van der Waals surface area contributed by atoms with E-state index in [1.807, 2.05) is 0 Å². The predicted octanol–water partition coefficient (Wildman–Crippen LogP) is 1.30. The highest BCUT2D eigenvalue weighted by molar-refractivity contribution is 5.33. The summed E-state index contributed by atoms with van der Waals surface area (Å²) in [5.74, 6) is 0. The van der Waals surface area contributed by atoms with E-state index in [-0.39, 0.29) is 0 Å². The highest BCUT2D eigenvalue weighted by Crippen LogP contribution is 2.21. The molecule has 0 saturated carbocycles. The number of fused-ring (bicyclic) bond motifs is 1. The van der Waals surface area contributed by atoms with Gasteiger partial charge in [0.2, 0.25) is 0 Å². The van der Waals surface area contributed by atoms with Crippen LogP contribution in [-0.4, -0.2) is 38.1 Å². The van der Waals surface area contributed by atoms with E-state index < -0.39 is 0 Å².